The summed E-state index contributed by atoms with van der Waals surface area (Å²) in [5.74, 6) is 2.32. The number of nitrogens with zero attached hydrogens (tertiary/aromatic N) is 3. The van der Waals surface area contributed by atoms with E-state index in [1.807, 2.05) is 12.1 Å². The third-order valence-corrected chi connectivity index (χ3v) is 5.26. The highest BCUT2D eigenvalue weighted by molar-refractivity contribution is 7.88. The van der Waals surface area contributed by atoms with Gasteiger partial charge in [0.15, 0.2) is 11.5 Å². The van der Waals surface area contributed by atoms with Crippen LogP contribution in [0.4, 0.5) is 5.82 Å². The Morgan fingerprint density at radius 3 is 2.65 bits per heavy atom. The molecule has 0 saturated carbocycles. The molecule has 0 amide bonds. The second kappa shape index (κ2) is 7.63. The Hall–Kier alpha value is -2.13. The van der Waals surface area contributed by atoms with Crippen molar-refractivity contribution in [2.24, 2.45) is 5.92 Å². The molecule has 8 nitrogen and oxygen atoms in total. The van der Waals surface area contributed by atoms with Gasteiger partial charge in [0.2, 0.25) is 10.0 Å². The minimum absolute atomic E-state index is 0.239. The van der Waals surface area contributed by atoms with E-state index >= 15 is 0 Å². The number of ether oxygens (including phenoxy) is 2. The van der Waals surface area contributed by atoms with Crippen molar-refractivity contribution in [2.45, 2.75) is 12.8 Å². The van der Waals surface area contributed by atoms with Crippen molar-refractivity contribution >= 4 is 26.7 Å². The summed E-state index contributed by atoms with van der Waals surface area (Å²) in [7, 11) is 0.00965. The molecule has 1 saturated heterocycles. The lowest BCUT2D eigenvalue weighted by atomic mass is 9.98. The first-order valence-corrected chi connectivity index (χ1v) is 10.4. The molecule has 0 aliphatic carbocycles. The lowest BCUT2D eigenvalue weighted by Gasteiger charge is -2.34. The van der Waals surface area contributed by atoms with Crippen LogP contribution in [0.15, 0.2) is 18.5 Å². The van der Waals surface area contributed by atoms with E-state index in [0.717, 1.165) is 42.7 Å². The number of anilines is 1. The van der Waals surface area contributed by atoms with Gasteiger partial charge in [-0.25, -0.2) is 23.1 Å². The summed E-state index contributed by atoms with van der Waals surface area (Å²) in [4.78, 5) is 11.0. The molecule has 1 fully saturated rings. The van der Waals surface area contributed by atoms with Crippen molar-refractivity contribution in [1.82, 2.24) is 14.7 Å². The van der Waals surface area contributed by atoms with Gasteiger partial charge < -0.3 is 14.4 Å². The van der Waals surface area contributed by atoms with Gasteiger partial charge in [0, 0.05) is 31.1 Å². The van der Waals surface area contributed by atoms with Crippen LogP contribution in [0, 0.1) is 5.92 Å². The van der Waals surface area contributed by atoms with Crippen LogP contribution in [-0.2, 0) is 10.0 Å². The van der Waals surface area contributed by atoms with E-state index in [1.165, 1.54) is 6.26 Å². The van der Waals surface area contributed by atoms with Crippen LogP contribution in [0.1, 0.15) is 12.8 Å². The molecule has 26 heavy (non-hydrogen) atoms. The molecule has 3 rings (SSSR count). The molecule has 1 aromatic carbocycles. The van der Waals surface area contributed by atoms with E-state index in [1.54, 1.807) is 20.5 Å². The second-order valence-electron chi connectivity index (χ2n) is 6.50. The molecule has 1 aromatic heterocycles. The summed E-state index contributed by atoms with van der Waals surface area (Å²) in [5.41, 5.74) is 0.782. The van der Waals surface area contributed by atoms with Crippen LogP contribution in [0.5, 0.6) is 11.5 Å². The first kappa shape index (κ1) is 18.7. The number of hydrogen-bond acceptors (Lipinski definition) is 7. The zero-order valence-corrected chi connectivity index (χ0v) is 16.0. The van der Waals surface area contributed by atoms with E-state index in [-0.39, 0.29) is 5.92 Å². The fourth-order valence-corrected chi connectivity index (χ4v) is 3.85. The van der Waals surface area contributed by atoms with Crippen LogP contribution < -0.4 is 19.1 Å². The van der Waals surface area contributed by atoms with Crippen molar-refractivity contribution in [3.8, 4) is 11.5 Å². The summed E-state index contributed by atoms with van der Waals surface area (Å²) < 4.78 is 36.1. The van der Waals surface area contributed by atoms with E-state index in [4.69, 9.17) is 9.47 Å². The van der Waals surface area contributed by atoms with Crippen LogP contribution >= 0.6 is 0 Å². The Morgan fingerprint density at radius 2 is 1.96 bits per heavy atom. The summed E-state index contributed by atoms with van der Waals surface area (Å²) in [6, 6.07) is 3.73. The van der Waals surface area contributed by atoms with Crippen molar-refractivity contribution in [3.05, 3.63) is 18.5 Å². The van der Waals surface area contributed by atoms with Gasteiger partial charge in [0.05, 0.1) is 26.0 Å². The predicted molar refractivity (Wildman–Crippen MR) is 100 cm³/mol. The predicted octanol–water partition coefficient (Wildman–Crippen LogP) is 1.41. The summed E-state index contributed by atoms with van der Waals surface area (Å²) in [6.07, 6.45) is 4.70. The van der Waals surface area contributed by atoms with E-state index in [2.05, 4.69) is 19.6 Å². The number of fused-ring (bicyclic) bond motifs is 1. The molecule has 0 radical (unpaired) electrons. The van der Waals surface area contributed by atoms with Crippen molar-refractivity contribution in [1.29, 1.82) is 0 Å². The fraction of sp³-hybridized carbons (Fsp3) is 0.529. The molecular formula is C17H24N4O4S. The Kier molecular flexibility index (Phi) is 5.47. The normalized spacial score (nSPS) is 18.1. The number of hydrogen-bond donors (Lipinski definition) is 1. The smallest absolute Gasteiger partial charge is 0.208 e. The zero-order chi connectivity index (χ0) is 18.7. The van der Waals surface area contributed by atoms with Crippen LogP contribution in [-0.4, -0.2) is 58.5 Å². The first-order valence-electron chi connectivity index (χ1n) is 8.47. The average molecular weight is 380 g/mol. The number of benzene rings is 1. The second-order valence-corrected chi connectivity index (χ2v) is 8.33. The molecule has 1 aliphatic heterocycles. The molecule has 0 bridgehead atoms. The zero-order valence-electron chi connectivity index (χ0n) is 15.2. The molecular weight excluding hydrogens is 356 g/mol. The maximum atomic E-state index is 11.4. The van der Waals surface area contributed by atoms with E-state index < -0.39 is 10.0 Å². The number of nitrogens with one attached hydrogen (secondary N) is 1. The summed E-state index contributed by atoms with van der Waals surface area (Å²) >= 11 is 0. The highest BCUT2D eigenvalue weighted by Gasteiger charge is 2.24. The molecule has 1 N–H and O–H groups in total. The van der Waals surface area contributed by atoms with Crippen molar-refractivity contribution in [2.75, 3.05) is 45.0 Å². The van der Waals surface area contributed by atoms with Gasteiger partial charge in [0.1, 0.15) is 12.1 Å². The number of methoxy groups -OCH3 is 2. The molecule has 1 aliphatic rings. The molecule has 1 atom stereocenters. The lowest BCUT2D eigenvalue weighted by Crippen LogP contribution is -2.41. The maximum Gasteiger partial charge on any atom is 0.208 e. The monoisotopic (exact) mass is 380 g/mol. The van der Waals surface area contributed by atoms with Gasteiger partial charge >= 0.3 is 0 Å². The van der Waals surface area contributed by atoms with Crippen LogP contribution in [0.3, 0.4) is 0 Å². The number of aromatic nitrogens is 2. The van der Waals surface area contributed by atoms with Gasteiger partial charge in [-0.3, -0.25) is 0 Å². The highest BCUT2D eigenvalue weighted by atomic mass is 32.2. The number of sulfonamides is 1. The quantitative estimate of drug-likeness (QED) is 0.810. The minimum atomic E-state index is -3.18. The summed E-state index contributed by atoms with van der Waals surface area (Å²) in [6.45, 7) is 2.05. The SMILES string of the molecule is COc1cc2ncnc(N3CCCC(CNS(C)(=O)=O)C3)c2cc1OC. The lowest BCUT2D eigenvalue weighted by molar-refractivity contribution is 0.355. The molecule has 0 spiro atoms. The highest BCUT2D eigenvalue weighted by Crippen LogP contribution is 2.35. The van der Waals surface area contributed by atoms with E-state index in [9.17, 15) is 8.42 Å². The van der Waals surface area contributed by atoms with E-state index in [0.29, 0.717) is 18.0 Å². The largest absolute Gasteiger partial charge is 0.493 e. The molecule has 1 unspecified atom stereocenters. The van der Waals surface area contributed by atoms with Crippen molar-refractivity contribution < 1.29 is 17.9 Å². The van der Waals surface area contributed by atoms with Gasteiger partial charge in [0.25, 0.3) is 0 Å². The average Bonchev–Trinajstić information content (AvgIpc) is 2.64. The Morgan fingerprint density at radius 1 is 1.23 bits per heavy atom. The van der Waals surface area contributed by atoms with Crippen LogP contribution in [0.2, 0.25) is 0 Å². The number of rotatable bonds is 6. The third kappa shape index (κ3) is 4.16. The Bertz CT molecular complexity index is 888. The first-order chi connectivity index (χ1) is 12.4. The van der Waals surface area contributed by atoms with Gasteiger partial charge in [-0.2, -0.15) is 0 Å². The standard InChI is InChI=1S/C17H24N4O4S/c1-24-15-7-13-14(8-16(15)25-2)18-11-19-17(13)21-6-4-5-12(10-21)9-20-26(3,22)23/h7-8,11-12,20H,4-6,9-10H2,1-3H3. The molecule has 2 aromatic rings. The van der Waals surface area contributed by atoms with Crippen LogP contribution in [0.25, 0.3) is 10.9 Å². The van der Waals surface area contributed by atoms with Gasteiger partial charge in [-0.05, 0) is 24.8 Å². The molecule has 2 heterocycles. The van der Waals surface area contributed by atoms with Crippen molar-refractivity contribution in [3.63, 3.8) is 0 Å². The maximum absolute atomic E-state index is 11.4. The Labute approximate surface area is 153 Å². The summed E-state index contributed by atoms with van der Waals surface area (Å²) in [5, 5.41) is 0.891. The molecule has 142 valence electrons. The fourth-order valence-electron chi connectivity index (χ4n) is 3.31. The number of piperidine rings is 1. The topological polar surface area (TPSA) is 93.7 Å². The Balaban J connectivity index is 1.89. The third-order valence-electron chi connectivity index (χ3n) is 4.57. The van der Waals surface area contributed by atoms with Gasteiger partial charge in [-0.15, -0.1) is 0 Å². The molecule has 9 heteroatoms. The van der Waals surface area contributed by atoms with Gasteiger partial charge in [-0.1, -0.05) is 0 Å². The minimum Gasteiger partial charge on any atom is -0.493 e.